The van der Waals surface area contributed by atoms with E-state index in [1.165, 1.54) is 6.07 Å². The summed E-state index contributed by atoms with van der Waals surface area (Å²) in [7, 11) is -3.79. The van der Waals surface area contributed by atoms with Crippen LogP contribution in [0.3, 0.4) is 0 Å². The van der Waals surface area contributed by atoms with Gasteiger partial charge in [-0.15, -0.1) is 11.3 Å². The number of aromatic nitrogens is 1. The lowest BCUT2D eigenvalue weighted by Crippen LogP contribution is -2.15. The smallest absolute Gasteiger partial charge is 0.238 e. The predicted octanol–water partition coefficient (Wildman–Crippen LogP) is 1.60. The number of anilines is 2. The number of primary sulfonamides is 1. The van der Waals surface area contributed by atoms with Crippen LogP contribution in [0, 0.1) is 13.8 Å². The maximum atomic E-state index is 11.5. The Labute approximate surface area is 121 Å². The van der Waals surface area contributed by atoms with E-state index in [0.717, 1.165) is 9.88 Å². The van der Waals surface area contributed by atoms with Gasteiger partial charge in [0.25, 0.3) is 0 Å². The van der Waals surface area contributed by atoms with Gasteiger partial charge in [-0.1, -0.05) is 0 Å². The minimum absolute atomic E-state index is 0.0373. The molecule has 0 atom stereocenters. The first kappa shape index (κ1) is 14.8. The lowest BCUT2D eigenvalue weighted by Gasteiger charge is -2.13. The van der Waals surface area contributed by atoms with Crippen molar-refractivity contribution in [2.24, 2.45) is 5.14 Å². The number of nitrogens with two attached hydrogens (primary N) is 2. The van der Waals surface area contributed by atoms with Gasteiger partial charge in [-0.2, -0.15) is 0 Å². The predicted molar refractivity (Wildman–Crippen MR) is 81.1 cm³/mol. The number of nitrogens with one attached hydrogen (secondary N) is 1. The molecular weight excluding hydrogens is 296 g/mol. The third-order valence-corrected chi connectivity index (χ3v) is 4.74. The molecule has 2 rings (SSSR count). The molecule has 0 aliphatic heterocycles. The van der Waals surface area contributed by atoms with Crippen molar-refractivity contribution in [3.63, 3.8) is 0 Å². The molecule has 0 fully saturated rings. The largest absolute Gasteiger partial charge is 0.399 e. The minimum Gasteiger partial charge on any atom is -0.399 e. The summed E-state index contributed by atoms with van der Waals surface area (Å²) in [6.07, 6.45) is 1.80. The van der Waals surface area contributed by atoms with Crippen LogP contribution in [-0.4, -0.2) is 13.4 Å². The molecule has 0 aliphatic carbocycles. The highest BCUT2D eigenvalue weighted by molar-refractivity contribution is 7.89. The van der Waals surface area contributed by atoms with Crippen LogP contribution in [-0.2, 0) is 16.6 Å². The van der Waals surface area contributed by atoms with Crippen molar-refractivity contribution in [1.29, 1.82) is 0 Å². The van der Waals surface area contributed by atoms with Gasteiger partial charge >= 0.3 is 0 Å². The highest BCUT2D eigenvalue weighted by atomic mass is 32.2. The summed E-state index contributed by atoms with van der Waals surface area (Å²) in [5.41, 5.74) is 7.26. The Balaban J connectivity index is 2.30. The Morgan fingerprint density at radius 2 is 2.05 bits per heavy atom. The molecule has 8 heteroatoms. The molecule has 0 bridgehead atoms. The number of rotatable bonds is 4. The van der Waals surface area contributed by atoms with Crippen LogP contribution < -0.4 is 16.2 Å². The van der Waals surface area contributed by atoms with Gasteiger partial charge in [0.1, 0.15) is 5.01 Å². The van der Waals surface area contributed by atoms with Gasteiger partial charge < -0.3 is 11.1 Å². The second-order valence-corrected chi connectivity index (χ2v) is 7.30. The summed E-state index contributed by atoms with van der Waals surface area (Å²) >= 11 is 1.58. The first-order valence-electron chi connectivity index (χ1n) is 5.85. The molecule has 1 aromatic heterocycles. The van der Waals surface area contributed by atoms with Crippen molar-refractivity contribution in [1.82, 2.24) is 4.98 Å². The van der Waals surface area contributed by atoms with E-state index in [2.05, 4.69) is 10.3 Å². The molecule has 0 amide bonds. The second kappa shape index (κ2) is 5.39. The summed E-state index contributed by atoms with van der Waals surface area (Å²) in [4.78, 5) is 5.39. The van der Waals surface area contributed by atoms with E-state index in [-0.39, 0.29) is 4.90 Å². The molecule has 0 saturated heterocycles. The second-order valence-electron chi connectivity index (χ2n) is 4.45. The van der Waals surface area contributed by atoms with Gasteiger partial charge in [-0.3, -0.25) is 0 Å². The van der Waals surface area contributed by atoms with Crippen LogP contribution in [0.25, 0.3) is 0 Å². The SMILES string of the molecule is Cc1cnc(CNc2cc(N)cc(S(N)(=O)=O)c2C)s1. The van der Waals surface area contributed by atoms with E-state index < -0.39 is 10.0 Å². The number of aryl methyl sites for hydroxylation is 1. The summed E-state index contributed by atoms with van der Waals surface area (Å²) in [5.74, 6) is 0. The molecule has 1 aromatic carbocycles. The topological polar surface area (TPSA) is 111 Å². The van der Waals surface area contributed by atoms with Crippen molar-refractivity contribution in [2.75, 3.05) is 11.1 Å². The Kier molecular flexibility index (Phi) is 3.98. The van der Waals surface area contributed by atoms with Gasteiger partial charge in [-0.25, -0.2) is 18.5 Å². The van der Waals surface area contributed by atoms with Gasteiger partial charge in [-0.05, 0) is 31.5 Å². The fraction of sp³-hybridized carbons (Fsp3) is 0.250. The van der Waals surface area contributed by atoms with Crippen molar-refractivity contribution in [2.45, 2.75) is 25.3 Å². The highest BCUT2D eigenvalue weighted by Crippen LogP contribution is 2.26. The van der Waals surface area contributed by atoms with E-state index in [0.29, 0.717) is 23.5 Å². The van der Waals surface area contributed by atoms with Gasteiger partial charge in [0.2, 0.25) is 10.0 Å². The van der Waals surface area contributed by atoms with Crippen LogP contribution >= 0.6 is 11.3 Å². The van der Waals surface area contributed by atoms with Crippen molar-refractivity contribution in [3.8, 4) is 0 Å². The van der Waals surface area contributed by atoms with E-state index in [1.807, 2.05) is 6.92 Å². The molecule has 0 radical (unpaired) electrons. The lowest BCUT2D eigenvalue weighted by molar-refractivity contribution is 0.597. The molecular formula is C12H16N4O2S2. The number of hydrogen-bond donors (Lipinski definition) is 3. The van der Waals surface area contributed by atoms with Crippen LogP contribution in [0.2, 0.25) is 0 Å². The molecule has 5 N–H and O–H groups in total. The Morgan fingerprint density at radius 3 is 2.60 bits per heavy atom. The van der Waals surface area contributed by atoms with Gasteiger partial charge in [0.05, 0.1) is 11.4 Å². The average Bonchev–Trinajstić information content (AvgIpc) is 2.74. The molecule has 0 saturated carbocycles. The summed E-state index contributed by atoms with van der Waals surface area (Å²) in [5, 5.41) is 9.25. The van der Waals surface area contributed by atoms with Crippen LogP contribution in [0.4, 0.5) is 11.4 Å². The van der Waals surface area contributed by atoms with Crippen LogP contribution in [0.5, 0.6) is 0 Å². The maximum Gasteiger partial charge on any atom is 0.238 e. The lowest BCUT2D eigenvalue weighted by atomic mass is 10.2. The number of sulfonamides is 1. The monoisotopic (exact) mass is 312 g/mol. The molecule has 0 aliphatic rings. The Morgan fingerprint density at radius 1 is 1.35 bits per heavy atom. The summed E-state index contributed by atoms with van der Waals surface area (Å²) in [6.45, 7) is 4.17. The zero-order valence-corrected chi connectivity index (χ0v) is 12.8. The highest BCUT2D eigenvalue weighted by Gasteiger charge is 2.15. The molecule has 1 heterocycles. The third kappa shape index (κ3) is 3.27. The van der Waals surface area contributed by atoms with Crippen molar-refractivity contribution in [3.05, 3.63) is 33.8 Å². The number of benzene rings is 1. The number of nitrogen functional groups attached to an aromatic ring is 1. The van der Waals surface area contributed by atoms with E-state index in [1.54, 1.807) is 30.5 Å². The molecule has 0 unspecified atom stereocenters. The summed E-state index contributed by atoms with van der Waals surface area (Å²) in [6, 6.07) is 3.05. The zero-order chi connectivity index (χ0) is 14.9. The fourth-order valence-corrected chi connectivity index (χ4v) is 3.41. The first-order valence-corrected chi connectivity index (χ1v) is 8.22. The molecule has 6 nitrogen and oxygen atoms in total. The normalized spacial score (nSPS) is 11.6. The van der Waals surface area contributed by atoms with E-state index in [4.69, 9.17) is 10.9 Å². The fourth-order valence-electron chi connectivity index (χ4n) is 1.84. The molecule has 20 heavy (non-hydrogen) atoms. The van der Waals surface area contributed by atoms with Crippen molar-refractivity contribution >= 4 is 32.7 Å². The molecule has 0 spiro atoms. The van der Waals surface area contributed by atoms with Gasteiger partial charge in [0, 0.05) is 22.4 Å². The standard InChI is InChI=1S/C12H16N4O2S2/c1-7-5-16-12(19-7)6-15-10-3-9(13)4-11(8(10)2)20(14,17)18/h3-5,15H,6,13H2,1-2H3,(H2,14,17,18). The minimum atomic E-state index is -3.79. The third-order valence-electron chi connectivity index (χ3n) is 2.79. The summed E-state index contributed by atoms with van der Waals surface area (Å²) < 4.78 is 23.0. The quantitative estimate of drug-likeness (QED) is 0.743. The average molecular weight is 312 g/mol. The van der Waals surface area contributed by atoms with E-state index >= 15 is 0 Å². The van der Waals surface area contributed by atoms with Crippen LogP contribution in [0.15, 0.2) is 23.2 Å². The number of nitrogens with zero attached hydrogens (tertiary/aromatic N) is 1. The number of hydrogen-bond acceptors (Lipinski definition) is 6. The first-order chi connectivity index (χ1) is 9.27. The molecule has 108 valence electrons. The Hall–Kier alpha value is -1.64. The van der Waals surface area contributed by atoms with Gasteiger partial charge in [0.15, 0.2) is 0 Å². The number of thiazole rings is 1. The van der Waals surface area contributed by atoms with Crippen molar-refractivity contribution < 1.29 is 8.42 Å². The maximum absolute atomic E-state index is 11.5. The Bertz CT molecular complexity index is 738. The van der Waals surface area contributed by atoms with Crippen LogP contribution in [0.1, 0.15) is 15.4 Å². The molecule has 2 aromatic rings. The zero-order valence-electron chi connectivity index (χ0n) is 11.2. The van der Waals surface area contributed by atoms with E-state index in [9.17, 15) is 8.42 Å².